The van der Waals surface area contributed by atoms with Gasteiger partial charge in [-0.25, -0.2) is 4.98 Å². The maximum atomic E-state index is 6.59. The Labute approximate surface area is 177 Å². The quantitative estimate of drug-likeness (QED) is 0.778. The third-order valence-electron chi connectivity index (χ3n) is 7.77. The van der Waals surface area contributed by atoms with E-state index in [2.05, 4.69) is 35.1 Å². The molecule has 2 aliphatic heterocycles. The van der Waals surface area contributed by atoms with Gasteiger partial charge in [0.2, 0.25) is 5.88 Å². The first-order valence-electron chi connectivity index (χ1n) is 11.0. The maximum absolute atomic E-state index is 6.59. The number of piperidine rings is 1. The fourth-order valence-corrected chi connectivity index (χ4v) is 6.60. The van der Waals surface area contributed by atoms with Crippen molar-refractivity contribution in [2.75, 3.05) is 20.7 Å². The molecule has 3 heterocycles. The highest BCUT2D eigenvalue weighted by atomic mass is 16.8. The Bertz CT molecular complexity index is 938. The molecule has 1 saturated heterocycles. The number of hydrogen-bond acceptors (Lipinski definition) is 6. The van der Waals surface area contributed by atoms with E-state index in [0.717, 1.165) is 38.0 Å². The van der Waals surface area contributed by atoms with Gasteiger partial charge in [0, 0.05) is 36.4 Å². The van der Waals surface area contributed by atoms with Crippen molar-refractivity contribution >= 4 is 0 Å². The van der Waals surface area contributed by atoms with Gasteiger partial charge in [-0.05, 0) is 62.9 Å². The van der Waals surface area contributed by atoms with Crippen molar-refractivity contribution in [2.24, 2.45) is 5.92 Å². The monoisotopic (exact) mass is 408 g/mol. The molecule has 2 fully saturated rings. The van der Waals surface area contributed by atoms with E-state index in [4.69, 9.17) is 18.9 Å². The van der Waals surface area contributed by atoms with Gasteiger partial charge in [0.1, 0.15) is 18.0 Å². The van der Waals surface area contributed by atoms with Crippen molar-refractivity contribution in [3.63, 3.8) is 0 Å². The van der Waals surface area contributed by atoms with Crippen LogP contribution in [0.15, 0.2) is 42.6 Å². The van der Waals surface area contributed by atoms with E-state index in [1.807, 2.05) is 18.2 Å². The lowest BCUT2D eigenvalue weighted by Crippen LogP contribution is -2.68. The number of ether oxygens (including phenoxy) is 4. The van der Waals surface area contributed by atoms with E-state index < -0.39 is 6.48 Å². The summed E-state index contributed by atoms with van der Waals surface area (Å²) in [6.45, 7) is 0.302. The number of rotatable bonds is 3. The SMILES string of the molecule is COC1Oc2cccc3c2[C@]24CCN(C)[C@H](C3)[C@@H]2CC[C@H](Oc2ccccn2)[C@@H]4O1. The summed E-state index contributed by atoms with van der Waals surface area (Å²) >= 11 is 0. The number of benzene rings is 1. The molecule has 30 heavy (non-hydrogen) atoms. The molecule has 6 rings (SSSR count). The lowest BCUT2D eigenvalue weighted by atomic mass is 9.50. The van der Waals surface area contributed by atoms with Gasteiger partial charge in [-0.15, -0.1) is 0 Å². The van der Waals surface area contributed by atoms with Crippen molar-refractivity contribution in [1.29, 1.82) is 0 Å². The highest BCUT2D eigenvalue weighted by Gasteiger charge is 2.63. The first-order valence-corrected chi connectivity index (χ1v) is 11.0. The standard InChI is InChI=1S/C24H28N2O4/c1-26-13-11-24-16-9-10-19(28-20-8-3-4-12-25-20)22(24)30-23(27-2)29-18-7-5-6-15(21(18)24)14-17(16)26/h3-8,12,16-17,19,22-23H,9-11,13-14H2,1-2H3/t16-,17+,19-,22-,23?,24-/m0/s1. The van der Waals surface area contributed by atoms with Crippen LogP contribution in [0, 0.1) is 5.92 Å². The van der Waals surface area contributed by atoms with Crippen molar-refractivity contribution in [3.05, 3.63) is 53.7 Å². The van der Waals surface area contributed by atoms with Crippen LogP contribution in [-0.2, 0) is 21.3 Å². The number of hydrogen-bond donors (Lipinski definition) is 0. The topological polar surface area (TPSA) is 53.1 Å². The summed E-state index contributed by atoms with van der Waals surface area (Å²) in [7, 11) is 3.90. The molecule has 1 aromatic heterocycles. The molecule has 6 heteroatoms. The Morgan fingerprint density at radius 1 is 1.17 bits per heavy atom. The zero-order chi connectivity index (χ0) is 20.3. The molecule has 6 atom stereocenters. The third kappa shape index (κ3) is 2.57. The molecule has 158 valence electrons. The molecule has 4 aliphatic rings. The summed E-state index contributed by atoms with van der Waals surface area (Å²) in [6.07, 6.45) is 5.66. The first kappa shape index (κ1) is 18.6. The van der Waals surface area contributed by atoms with Crippen LogP contribution in [-0.4, -0.2) is 55.3 Å². The van der Waals surface area contributed by atoms with Gasteiger partial charge in [-0.2, -0.15) is 0 Å². The minimum absolute atomic E-state index is 0.0986. The smallest absolute Gasteiger partial charge is 0.316 e. The predicted molar refractivity (Wildman–Crippen MR) is 111 cm³/mol. The number of likely N-dealkylation sites (tertiary alicyclic amines) is 1. The second-order valence-corrected chi connectivity index (χ2v) is 9.04. The Kier molecular flexibility index (Phi) is 4.30. The number of methoxy groups -OCH3 is 1. The molecule has 1 saturated carbocycles. The highest BCUT2D eigenvalue weighted by Crippen LogP contribution is 2.60. The molecule has 0 amide bonds. The Morgan fingerprint density at radius 2 is 2.10 bits per heavy atom. The lowest BCUT2D eigenvalue weighted by Gasteiger charge is -2.61. The summed E-state index contributed by atoms with van der Waals surface area (Å²) in [5.41, 5.74) is 2.58. The van der Waals surface area contributed by atoms with Crippen molar-refractivity contribution < 1.29 is 18.9 Å². The molecule has 1 unspecified atom stereocenters. The number of likely N-dealkylation sites (N-methyl/N-ethyl adjacent to an activating group) is 1. The summed E-state index contributed by atoms with van der Waals surface area (Å²) < 4.78 is 24.9. The number of pyridine rings is 1. The highest BCUT2D eigenvalue weighted by molar-refractivity contribution is 5.52. The van der Waals surface area contributed by atoms with Gasteiger partial charge in [-0.3, -0.25) is 0 Å². The molecular formula is C24H28N2O4. The van der Waals surface area contributed by atoms with Crippen molar-refractivity contribution in [2.45, 2.75) is 55.8 Å². The molecule has 2 aromatic rings. The first-order chi connectivity index (χ1) is 14.7. The zero-order valence-electron chi connectivity index (χ0n) is 17.5. The van der Waals surface area contributed by atoms with E-state index in [0.29, 0.717) is 17.8 Å². The van der Waals surface area contributed by atoms with Crippen LogP contribution in [0.4, 0.5) is 0 Å². The molecule has 1 aromatic carbocycles. The summed E-state index contributed by atoms with van der Waals surface area (Å²) in [5, 5.41) is 0. The van der Waals surface area contributed by atoms with Crippen LogP contribution in [0.5, 0.6) is 11.6 Å². The number of nitrogens with zero attached hydrogens (tertiary/aromatic N) is 2. The van der Waals surface area contributed by atoms with E-state index in [9.17, 15) is 0 Å². The lowest BCUT2D eigenvalue weighted by molar-refractivity contribution is -0.284. The second-order valence-electron chi connectivity index (χ2n) is 9.04. The van der Waals surface area contributed by atoms with Gasteiger partial charge in [0.15, 0.2) is 0 Å². The summed E-state index contributed by atoms with van der Waals surface area (Å²) in [5.74, 6) is 2.07. The van der Waals surface area contributed by atoms with Gasteiger partial charge in [0.25, 0.3) is 0 Å². The normalized spacial score (nSPS) is 36.9. The average molecular weight is 408 g/mol. The van der Waals surface area contributed by atoms with Gasteiger partial charge in [0.05, 0.1) is 0 Å². The summed E-state index contributed by atoms with van der Waals surface area (Å²) in [4.78, 5) is 6.95. The average Bonchev–Trinajstić information content (AvgIpc) is 2.92. The maximum Gasteiger partial charge on any atom is 0.316 e. The van der Waals surface area contributed by atoms with Gasteiger partial charge in [-0.1, -0.05) is 18.2 Å². The second kappa shape index (κ2) is 6.94. The van der Waals surface area contributed by atoms with Crippen LogP contribution in [0.1, 0.15) is 30.4 Å². The molecular weight excluding hydrogens is 380 g/mol. The Hall–Kier alpha value is -2.15. The van der Waals surface area contributed by atoms with Gasteiger partial charge >= 0.3 is 6.48 Å². The molecule has 0 N–H and O–H groups in total. The van der Waals surface area contributed by atoms with Crippen LogP contribution in [0.3, 0.4) is 0 Å². The minimum Gasteiger partial charge on any atom is -0.472 e. The van der Waals surface area contributed by atoms with E-state index in [1.54, 1.807) is 13.3 Å². The fourth-order valence-electron chi connectivity index (χ4n) is 6.60. The molecule has 0 radical (unpaired) electrons. The molecule has 2 bridgehead atoms. The Balaban J connectivity index is 1.51. The van der Waals surface area contributed by atoms with Gasteiger partial charge < -0.3 is 23.8 Å². The largest absolute Gasteiger partial charge is 0.472 e. The van der Waals surface area contributed by atoms with Crippen LogP contribution in [0.25, 0.3) is 0 Å². The fraction of sp³-hybridized carbons (Fsp3) is 0.542. The Morgan fingerprint density at radius 3 is 2.93 bits per heavy atom. The third-order valence-corrected chi connectivity index (χ3v) is 7.77. The van der Waals surface area contributed by atoms with Crippen LogP contribution in [0.2, 0.25) is 0 Å². The van der Waals surface area contributed by atoms with Crippen LogP contribution < -0.4 is 9.47 Å². The van der Waals surface area contributed by atoms with Crippen molar-refractivity contribution in [3.8, 4) is 11.6 Å². The molecule has 2 aliphatic carbocycles. The predicted octanol–water partition coefficient (Wildman–Crippen LogP) is 3.14. The summed E-state index contributed by atoms with van der Waals surface area (Å²) in [6, 6.07) is 12.7. The molecule has 6 nitrogen and oxygen atoms in total. The van der Waals surface area contributed by atoms with Crippen molar-refractivity contribution in [1.82, 2.24) is 9.88 Å². The van der Waals surface area contributed by atoms with Crippen LogP contribution >= 0.6 is 0 Å². The van der Waals surface area contributed by atoms with E-state index >= 15 is 0 Å². The van der Waals surface area contributed by atoms with E-state index in [-0.39, 0.29) is 17.6 Å². The minimum atomic E-state index is -0.742. The zero-order valence-corrected chi connectivity index (χ0v) is 17.5. The van der Waals surface area contributed by atoms with E-state index in [1.165, 1.54) is 11.1 Å². The number of aromatic nitrogens is 1. The molecule has 1 spiro atoms.